The number of ether oxygens (including phenoxy) is 2. The Morgan fingerprint density at radius 3 is 2.20 bits per heavy atom. The average Bonchev–Trinajstić information content (AvgIpc) is 2.83. The minimum absolute atomic E-state index is 0.00240. The molecule has 1 amide bonds. The number of carbonyl (C=O) groups excluding carboxylic acids is 1. The van der Waals surface area contributed by atoms with Crippen molar-refractivity contribution >= 4 is 43.0 Å². The number of sulfonamides is 2. The lowest BCUT2D eigenvalue weighted by Crippen LogP contribution is -2.48. The fourth-order valence-electron chi connectivity index (χ4n) is 3.47. The lowest BCUT2D eigenvalue weighted by molar-refractivity contribution is -0.122. The predicted molar refractivity (Wildman–Crippen MR) is 132 cm³/mol. The maximum Gasteiger partial charge on any atom is 0.267 e. The minimum atomic E-state index is -3.86. The highest BCUT2D eigenvalue weighted by atomic mass is 32.2. The Morgan fingerprint density at radius 2 is 1.57 bits per heavy atom. The van der Waals surface area contributed by atoms with Gasteiger partial charge in [0.1, 0.15) is 11.5 Å². The molecule has 12 heteroatoms. The summed E-state index contributed by atoms with van der Waals surface area (Å²) in [6.45, 7) is -0.195. The van der Waals surface area contributed by atoms with Crippen LogP contribution >= 0.6 is 0 Å². The molecule has 10 nitrogen and oxygen atoms in total. The number of amides is 1. The molecule has 0 aliphatic carbocycles. The van der Waals surface area contributed by atoms with Crippen LogP contribution in [0.15, 0.2) is 77.7 Å². The van der Waals surface area contributed by atoms with Crippen molar-refractivity contribution in [1.29, 1.82) is 0 Å². The number of rotatable bonds is 7. The molecular weight excluding hydrogens is 494 g/mol. The van der Waals surface area contributed by atoms with Gasteiger partial charge < -0.3 is 14.8 Å². The third-order valence-electron chi connectivity index (χ3n) is 5.20. The number of para-hydroxylation sites is 2. The Kier molecular flexibility index (Phi) is 6.59. The van der Waals surface area contributed by atoms with Crippen LogP contribution in [0.5, 0.6) is 11.5 Å². The van der Waals surface area contributed by atoms with Crippen LogP contribution in [0.2, 0.25) is 0 Å². The number of anilines is 3. The molecule has 0 saturated heterocycles. The highest BCUT2D eigenvalue weighted by Crippen LogP contribution is 2.34. The van der Waals surface area contributed by atoms with Crippen molar-refractivity contribution in [1.82, 2.24) is 0 Å². The predicted octanol–water partition coefficient (Wildman–Crippen LogP) is 2.66. The van der Waals surface area contributed by atoms with Gasteiger partial charge in [0.2, 0.25) is 10.0 Å². The molecular formula is C23H23N3O7S2. The number of hydrogen-bond acceptors (Lipinski definition) is 7. The summed E-state index contributed by atoms with van der Waals surface area (Å²) in [5, 5.41) is 2.64. The summed E-state index contributed by atoms with van der Waals surface area (Å²) < 4.78 is 64.2. The summed E-state index contributed by atoms with van der Waals surface area (Å²) in [6, 6.07) is 18.5. The van der Waals surface area contributed by atoms with Crippen molar-refractivity contribution in [2.75, 3.05) is 34.3 Å². The van der Waals surface area contributed by atoms with Crippen LogP contribution in [0, 0.1) is 0 Å². The monoisotopic (exact) mass is 517 g/mol. The van der Waals surface area contributed by atoms with Gasteiger partial charge >= 0.3 is 0 Å². The summed E-state index contributed by atoms with van der Waals surface area (Å²) in [5.41, 5.74) is 1.05. The van der Waals surface area contributed by atoms with Crippen molar-refractivity contribution < 1.29 is 31.1 Å². The van der Waals surface area contributed by atoms with Crippen LogP contribution in [0.25, 0.3) is 0 Å². The van der Waals surface area contributed by atoms with Crippen molar-refractivity contribution in [2.24, 2.45) is 0 Å². The first-order valence-electron chi connectivity index (χ1n) is 10.4. The van der Waals surface area contributed by atoms with Crippen LogP contribution in [-0.2, 0) is 24.8 Å². The Morgan fingerprint density at radius 1 is 0.943 bits per heavy atom. The molecule has 0 unspecified atom stereocenters. The van der Waals surface area contributed by atoms with Gasteiger partial charge in [0.05, 0.1) is 30.5 Å². The largest absolute Gasteiger partial charge is 0.497 e. The molecule has 0 spiro atoms. The summed E-state index contributed by atoms with van der Waals surface area (Å²) in [5.74, 6) is 0.300. The fraction of sp³-hybridized carbons (Fsp3) is 0.174. The van der Waals surface area contributed by atoms with Crippen molar-refractivity contribution in [3.8, 4) is 11.5 Å². The van der Waals surface area contributed by atoms with Crippen LogP contribution in [0.3, 0.4) is 0 Å². The van der Waals surface area contributed by atoms with Gasteiger partial charge in [-0.15, -0.1) is 0 Å². The normalized spacial score (nSPS) is 15.5. The minimum Gasteiger partial charge on any atom is -0.497 e. The lowest BCUT2D eigenvalue weighted by atomic mass is 10.2. The second-order valence-electron chi connectivity index (χ2n) is 7.72. The molecule has 1 aliphatic heterocycles. The Labute approximate surface area is 203 Å². The molecule has 1 heterocycles. The molecule has 3 aromatic carbocycles. The Hall–Kier alpha value is -3.77. The summed E-state index contributed by atoms with van der Waals surface area (Å²) >= 11 is 0. The molecule has 0 saturated carbocycles. The van der Waals surface area contributed by atoms with E-state index in [1.54, 1.807) is 48.5 Å². The lowest BCUT2D eigenvalue weighted by Gasteiger charge is -2.33. The molecule has 1 aliphatic rings. The number of benzene rings is 3. The number of nitrogens with one attached hydrogen (secondary N) is 2. The van der Waals surface area contributed by atoms with E-state index in [2.05, 4.69) is 10.0 Å². The molecule has 184 valence electrons. The van der Waals surface area contributed by atoms with Gasteiger partial charge in [0, 0.05) is 11.4 Å². The SMILES string of the molecule is COc1ccc(NS(=O)(=O)c2ccc(NC(=O)[C@H]3CN(S(C)(=O)=O)c4ccccc4O3)cc2)cc1. The van der Waals surface area contributed by atoms with Crippen molar-refractivity contribution in [3.05, 3.63) is 72.8 Å². The highest BCUT2D eigenvalue weighted by Gasteiger charge is 2.34. The summed E-state index contributed by atoms with van der Waals surface area (Å²) in [4.78, 5) is 12.8. The van der Waals surface area contributed by atoms with Gasteiger partial charge in [-0.25, -0.2) is 16.8 Å². The van der Waals surface area contributed by atoms with Gasteiger partial charge in [-0.2, -0.15) is 0 Å². The Bertz CT molecular complexity index is 1440. The van der Waals surface area contributed by atoms with E-state index < -0.39 is 32.1 Å². The molecule has 0 radical (unpaired) electrons. The maximum absolute atomic E-state index is 12.8. The van der Waals surface area contributed by atoms with E-state index in [9.17, 15) is 21.6 Å². The average molecular weight is 518 g/mol. The zero-order chi connectivity index (χ0) is 25.2. The van der Waals surface area contributed by atoms with E-state index in [-0.39, 0.29) is 17.2 Å². The molecule has 35 heavy (non-hydrogen) atoms. The number of carbonyl (C=O) groups is 1. The van der Waals surface area contributed by atoms with Crippen molar-refractivity contribution in [3.63, 3.8) is 0 Å². The second-order valence-corrected chi connectivity index (χ2v) is 11.3. The second kappa shape index (κ2) is 9.47. The molecule has 0 bridgehead atoms. The van der Waals surface area contributed by atoms with Gasteiger partial charge in [-0.05, 0) is 60.7 Å². The standard InChI is InChI=1S/C23H23N3O7S2/c1-32-18-11-7-17(8-12-18)25-35(30,31)19-13-9-16(10-14-19)24-23(27)22-15-26(34(2,28)29)20-5-3-4-6-21(20)33-22/h3-14,22,25H,15H2,1-2H3,(H,24,27)/t22-/m1/s1. The Balaban J connectivity index is 1.46. The van der Waals surface area contributed by atoms with E-state index in [1.807, 2.05) is 0 Å². The first-order valence-corrected chi connectivity index (χ1v) is 13.7. The fourth-order valence-corrected chi connectivity index (χ4v) is 5.44. The molecule has 1 atom stereocenters. The third-order valence-corrected chi connectivity index (χ3v) is 7.75. The summed E-state index contributed by atoms with van der Waals surface area (Å²) in [7, 11) is -5.98. The van der Waals surface area contributed by atoms with Gasteiger partial charge in [0.15, 0.2) is 6.10 Å². The van der Waals surface area contributed by atoms with Crippen LogP contribution in [-0.4, -0.2) is 48.8 Å². The van der Waals surface area contributed by atoms with Gasteiger partial charge in [0.25, 0.3) is 15.9 Å². The molecule has 0 aromatic heterocycles. The molecule has 4 rings (SSSR count). The quantitative estimate of drug-likeness (QED) is 0.493. The van der Waals surface area contributed by atoms with Crippen molar-refractivity contribution in [2.45, 2.75) is 11.0 Å². The zero-order valence-electron chi connectivity index (χ0n) is 18.8. The van der Waals surface area contributed by atoms with E-state index in [0.717, 1.165) is 10.6 Å². The van der Waals surface area contributed by atoms with Gasteiger partial charge in [-0.3, -0.25) is 13.8 Å². The molecule has 3 aromatic rings. The van der Waals surface area contributed by atoms with E-state index in [4.69, 9.17) is 9.47 Å². The first-order chi connectivity index (χ1) is 16.6. The van der Waals surface area contributed by atoms with E-state index in [1.165, 1.54) is 31.4 Å². The van der Waals surface area contributed by atoms with Crippen LogP contribution in [0.4, 0.5) is 17.1 Å². The molecule has 0 fully saturated rings. The molecule has 2 N–H and O–H groups in total. The number of methoxy groups -OCH3 is 1. The van der Waals surface area contributed by atoms with E-state index >= 15 is 0 Å². The van der Waals surface area contributed by atoms with Crippen LogP contribution in [0.1, 0.15) is 0 Å². The zero-order valence-corrected chi connectivity index (χ0v) is 20.5. The highest BCUT2D eigenvalue weighted by molar-refractivity contribution is 7.92. The smallest absolute Gasteiger partial charge is 0.267 e. The first kappa shape index (κ1) is 24.4. The van der Waals surface area contributed by atoms with Gasteiger partial charge in [-0.1, -0.05) is 12.1 Å². The van der Waals surface area contributed by atoms with Crippen LogP contribution < -0.4 is 23.8 Å². The maximum atomic E-state index is 12.8. The summed E-state index contributed by atoms with van der Waals surface area (Å²) in [6.07, 6.45) is -0.0387. The van der Waals surface area contributed by atoms with E-state index in [0.29, 0.717) is 22.8 Å². The number of hydrogen-bond donors (Lipinski definition) is 2. The number of nitrogens with zero attached hydrogens (tertiary/aromatic N) is 1. The third kappa shape index (κ3) is 5.49. The number of fused-ring (bicyclic) bond motifs is 1. The topological polar surface area (TPSA) is 131 Å².